The van der Waals surface area contributed by atoms with Gasteiger partial charge in [0.15, 0.2) is 0 Å². The van der Waals surface area contributed by atoms with E-state index < -0.39 is 5.56 Å². The number of benzene rings is 1. The van der Waals surface area contributed by atoms with Crippen molar-refractivity contribution in [1.29, 1.82) is 0 Å². The molecule has 6 heteroatoms. The van der Waals surface area contributed by atoms with Crippen LogP contribution in [0.15, 0.2) is 41.3 Å². The van der Waals surface area contributed by atoms with Crippen molar-refractivity contribution in [3.05, 3.63) is 69.1 Å². The van der Waals surface area contributed by atoms with Crippen molar-refractivity contribution in [2.45, 2.75) is 77.4 Å². The van der Waals surface area contributed by atoms with Gasteiger partial charge in [0.2, 0.25) is 5.91 Å². The number of carbonyl (C=O) groups excluding carboxylic acids is 2. The molecule has 1 aromatic heterocycles. The van der Waals surface area contributed by atoms with Crippen molar-refractivity contribution in [2.24, 2.45) is 0 Å². The van der Waals surface area contributed by atoms with Crippen LogP contribution in [-0.2, 0) is 11.3 Å². The molecule has 1 saturated heterocycles. The van der Waals surface area contributed by atoms with Gasteiger partial charge in [-0.15, -0.1) is 0 Å². The number of amides is 2. The Morgan fingerprint density at radius 2 is 1.78 bits per heavy atom. The minimum atomic E-state index is -0.401. The fraction of sp³-hybridized carbons (Fsp3) is 0.500. The van der Waals surface area contributed by atoms with Gasteiger partial charge in [0.05, 0.1) is 6.04 Å². The molecule has 0 spiro atoms. The highest BCUT2D eigenvalue weighted by molar-refractivity contribution is 5.94. The van der Waals surface area contributed by atoms with E-state index in [1.807, 2.05) is 4.90 Å². The molecule has 1 aliphatic heterocycles. The molecule has 1 N–H and O–H groups in total. The molecule has 2 aliphatic rings. The number of aromatic nitrogens is 1. The molecule has 1 unspecified atom stereocenters. The Kier molecular flexibility index (Phi) is 6.77. The number of carbonyl (C=O) groups is 2. The minimum Gasteiger partial charge on any atom is -0.352 e. The monoisotopic (exact) mass is 435 g/mol. The standard InChI is InChI=1S/C26H33N3O3/c1-18-12-13-20(16-19(18)2)23-11-7-15-29(23)26(32)22-10-6-14-28(25(22)31)17-24(30)27-21-8-4-3-5-9-21/h6,10,12-14,16,21,23H,3-5,7-9,11,15,17H2,1-2H3,(H,27,30). The predicted octanol–water partition coefficient (Wildman–Crippen LogP) is 3.89. The maximum absolute atomic E-state index is 13.4. The molecule has 1 aromatic carbocycles. The quantitative estimate of drug-likeness (QED) is 0.775. The fourth-order valence-corrected chi connectivity index (χ4v) is 4.98. The van der Waals surface area contributed by atoms with Gasteiger partial charge in [0.1, 0.15) is 12.1 Å². The third-order valence-corrected chi connectivity index (χ3v) is 6.96. The normalized spacial score (nSPS) is 19.2. The van der Waals surface area contributed by atoms with Crippen LogP contribution in [0.3, 0.4) is 0 Å². The summed E-state index contributed by atoms with van der Waals surface area (Å²) in [5.74, 6) is -0.421. The molecule has 6 nitrogen and oxygen atoms in total. The second kappa shape index (κ2) is 9.72. The summed E-state index contributed by atoms with van der Waals surface area (Å²) in [7, 11) is 0. The molecule has 1 atom stereocenters. The van der Waals surface area contributed by atoms with Crippen LogP contribution < -0.4 is 10.9 Å². The van der Waals surface area contributed by atoms with E-state index in [2.05, 4.69) is 37.4 Å². The summed E-state index contributed by atoms with van der Waals surface area (Å²) in [6, 6.07) is 9.75. The number of likely N-dealkylation sites (tertiary alicyclic amines) is 1. The first kappa shape index (κ1) is 22.3. The van der Waals surface area contributed by atoms with E-state index in [0.717, 1.165) is 44.1 Å². The Labute approximate surface area is 189 Å². The Hall–Kier alpha value is -2.89. The minimum absolute atomic E-state index is 0.0237. The van der Waals surface area contributed by atoms with Crippen LogP contribution in [0, 0.1) is 13.8 Å². The zero-order valence-corrected chi connectivity index (χ0v) is 19.1. The summed E-state index contributed by atoms with van der Waals surface area (Å²) >= 11 is 0. The van der Waals surface area contributed by atoms with Gasteiger partial charge in [-0.25, -0.2) is 0 Å². The van der Waals surface area contributed by atoms with Gasteiger partial charge in [0, 0.05) is 18.8 Å². The van der Waals surface area contributed by atoms with Crippen molar-refractivity contribution < 1.29 is 9.59 Å². The maximum Gasteiger partial charge on any atom is 0.263 e. The number of nitrogens with zero attached hydrogens (tertiary/aromatic N) is 2. The van der Waals surface area contributed by atoms with Gasteiger partial charge >= 0.3 is 0 Å². The van der Waals surface area contributed by atoms with Crippen molar-refractivity contribution in [1.82, 2.24) is 14.8 Å². The predicted molar refractivity (Wildman–Crippen MR) is 125 cm³/mol. The van der Waals surface area contributed by atoms with E-state index in [1.54, 1.807) is 18.3 Å². The molecule has 0 bridgehead atoms. The van der Waals surface area contributed by atoms with Gasteiger partial charge < -0.3 is 14.8 Å². The molecule has 1 saturated carbocycles. The first-order valence-corrected chi connectivity index (χ1v) is 11.8. The number of nitrogens with one attached hydrogen (secondary N) is 1. The zero-order valence-electron chi connectivity index (χ0n) is 19.1. The molecule has 32 heavy (non-hydrogen) atoms. The van der Waals surface area contributed by atoms with Crippen LogP contribution in [0.25, 0.3) is 0 Å². The Bertz CT molecular complexity index is 1050. The summed E-state index contributed by atoms with van der Waals surface area (Å²) in [4.78, 5) is 40.8. The Morgan fingerprint density at radius 1 is 1.00 bits per heavy atom. The van der Waals surface area contributed by atoms with E-state index in [9.17, 15) is 14.4 Å². The first-order chi connectivity index (χ1) is 15.4. The molecule has 170 valence electrons. The molecule has 0 radical (unpaired) electrons. The van der Waals surface area contributed by atoms with Gasteiger partial charge in [-0.05, 0) is 68.4 Å². The Morgan fingerprint density at radius 3 is 2.53 bits per heavy atom. The van der Waals surface area contributed by atoms with Crippen LogP contribution in [0.4, 0.5) is 0 Å². The maximum atomic E-state index is 13.4. The van der Waals surface area contributed by atoms with Crippen LogP contribution in [0.1, 0.15) is 78.0 Å². The summed E-state index contributed by atoms with van der Waals surface area (Å²) in [6.45, 7) is 4.73. The number of rotatable bonds is 5. The highest BCUT2D eigenvalue weighted by Crippen LogP contribution is 2.33. The smallest absolute Gasteiger partial charge is 0.263 e. The number of aryl methyl sites for hydroxylation is 2. The lowest BCUT2D eigenvalue weighted by molar-refractivity contribution is -0.122. The van der Waals surface area contributed by atoms with Gasteiger partial charge in [-0.3, -0.25) is 14.4 Å². The van der Waals surface area contributed by atoms with Crippen LogP contribution in [-0.4, -0.2) is 33.9 Å². The van der Waals surface area contributed by atoms with E-state index in [-0.39, 0.29) is 36.0 Å². The number of hydrogen-bond acceptors (Lipinski definition) is 3. The SMILES string of the molecule is Cc1ccc(C2CCCN2C(=O)c2cccn(CC(=O)NC3CCCCC3)c2=O)cc1C. The number of pyridine rings is 1. The van der Waals surface area contributed by atoms with Gasteiger partial charge in [0.25, 0.3) is 11.5 Å². The molecular weight excluding hydrogens is 402 g/mol. The summed E-state index contributed by atoms with van der Waals surface area (Å²) in [5, 5.41) is 3.04. The molecular formula is C26H33N3O3. The molecule has 4 rings (SSSR count). The summed E-state index contributed by atoms with van der Waals surface area (Å²) in [5.41, 5.74) is 3.27. The fourth-order valence-electron chi connectivity index (χ4n) is 4.98. The van der Waals surface area contributed by atoms with Crippen LogP contribution >= 0.6 is 0 Å². The van der Waals surface area contributed by atoms with Crippen molar-refractivity contribution in [2.75, 3.05) is 6.54 Å². The average Bonchev–Trinajstić information content (AvgIpc) is 3.27. The van der Waals surface area contributed by atoms with Crippen molar-refractivity contribution in [3.63, 3.8) is 0 Å². The summed E-state index contributed by atoms with van der Waals surface area (Å²) < 4.78 is 1.35. The average molecular weight is 436 g/mol. The molecule has 2 amide bonds. The molecule has 2 aromatic rings. The molecule has 2 heterocycles. The second-order valence-electron chi connectivity index (χ2n) is 9.26. The van der Waals surface area contributed by atoms with Crippen molar-refractivity contribution >= 4 is 11.8 Å². The highest BCUT2D eigenvalue weighted by Gasteiger charge is 2.32. The largest absolute Gasteiger partial charge is 0.352 e. The van der Waals surface area contributed by atoms with Crippen molar-refractivity contribution in [3.8, 4) is 0 Å². The van der Waals surface area contributed by atoms with E-state index in [0.29, 0.717) is 6.54 Å². The van der Waals surface area contributed by atoms with Gasteiger partial charge in [-0.1, -0.05) is 37.5 Å². The lowest BCUT2D eigenvalue weighted by atomic mass is 9.95. The lowest BCUT2D eigenvalue weighted by Gasteiger charge is -2.26. The third kappa shape index (κ3) is 4.79. The lowest BCUT2D eigenvalue weighted by Crippen LogP contribution is -2.41. The zero-order chi connectivity index (χ0) is 22.7. The summed E-state index contributed by atoms with van der Waals surface area (Å²) in [6.07, 6.45) is 8.86. The van der Waals surface area contributed by atoms with Gasteiger partial charge in [-0.2, -0.15) is 0 Å². The molecule has 1 aliphatic carbocycles. The number of hydrogen-bond donors (Lipinski definition) is 1. The van der Waals surface area contributed by atoms with E-state index in [4.69, 9.17) is 0 Å². The Balaban J connectivity index is 1.50. The third-order valence-electron chi connectivity index (χ3n) is 6.96. The highest BCUT2D eigenvalue weighted by atomic mass is 16.2. The van der Waals surface area contributed by atoms with E-state index in [1.165, 1.54) is 22.1 Å². The topological polar surface area (TPSA) is 71.4 Å². The molecule has 2 fully saturated rings. The second-order valence-corrected chi connectivity index (χ2v) is 9.26. The first-order valence-electron chi connectivity index (χ1n) is 11.8. The van der Waals surface area contributed by atoms with Crippen LogP contribution in [0.2, 0.25) is 0 Å². The van der Waals surface area contributed by atoms with E-state index >= 15 is 0 Å². The van der Waals surface area contributed by atoms with Crippen LogP contribution in [0.5, 0.6) is 0 Å².